The maximum atomic E-state index is 13.1. The molecule has 0 radical (unpaired) electrons. The van der Waals surface area contributed by atoms with Crippen LogP contribution < -0.4 is 11.5 Å². The van der Waals surface area contributed by atoms with E-state index in [0.29, 0.717) is 0 Å². The standard InChI is InChI=1S/C20H26N10O12P2S2/c21-19-25-14-10(16(45)27-19)23-4-29(14)9-1-6(7(40-9)2-38-43(33,34)35)42-44(36,37)39-3-8-12(31)13(32)18(41-8)30-5-24-11-15(30)26-20(22)28-17(11)46/h4-9,12-13,18,31-32H,1-3H2,(H,36,37)(H2,33,34,35)(H3,21,25,27,45)(H3,22,26,28,46)/t6?,7-,8-,9-,12?,13?,18-/m1/s1. The molecule has 2 aliphatic rings. The molecule has 6 rings (SSSR count). The zero-order chi connectivity index (χ0) is 33.1. The number of phosphoric ester groups is 2. The van der Waals surface area contributed by atoms with Crippen LogP contribution in [0.4, 0.5) is 11.9 Å². The van der Waals surface area contributed by atoms with Crippen LogP contribution in [0, 0.1) is 9.28 Å². The molecule has 11 N–H and O–H groups in total. The van der Waals surface area contributed by atoms with Crippen LogP contribution in [0.25, 0.3) is 22.3 Å². The summed E-state index contributed by atoms with van der Waals surface area (Å²) in [5, 5.41) is 21.3. The number of imidazole rings is 2. The lowest BCUT2D eigenvalue weighted by molar-refractivity contribution is -0.0582. The number of ether oxygens (including phenoxy) is 2. The smallest absolute Gasteiger partial charge is 0.387 e. The third kappa shape index (κ3) is 6.63. The third-order valence-electron chi connectivity index (χ3n) is 7.08. The Morgan fingerprint density at radius 2 is 1.46 bits per heavy atom. The highest BCUT2D eigenvalue weighted by Gasteiger charge is 2.47. The molecule has 8 atom stereocenters. The molecule has 46 heavy (non-hydrogen) atoms. The number of hydrogen-bond acceptors (Lipinski definition) is 17. The predicted molar refractivity (Wildman–Crippen MR) is 157 cm³/mol. The zero-order valence-corrected chi connectivity index (χ0v) is 26.4. The van der Waals surface area contributed by atoms with E-state index >= 15 is 0 Å². The average Bonchev–Trinajstić information content (AvgIpc) is 3.72. The Hall–Kier alpha value is -2.80. The Balaban J connectivity index is 1.16. The molecule has 2 aliphatic heterocycles. The minimum Gasteiger partial charge on any atom is -0.387 e. The maximum Gasteiger partial charge on any atom is 0.472 e. The van der Waals surface area contributed by atoms with Crippen LogP contribution in [-0.4, -0.2) is 108 Å². The van der Waals surface area contributed by atoms with E-state index in [1.165, 1.54) is 21.8 Å². The van der Waals surface area contributed by atoms with Crippen molar-refractivity contribution in [3.63, 3.8) is 0 Å². The van der Waals surface area contributed by atoms with Gasteiger partial charge >= 0.3 is 15.6 Å². The second kappa shape index (κ2) is 12.3. The van der Waals surface area contributed by atoms with Gasteiger partial charge in [-0.25, -0.2) is 19.1 Å². The van der Waals surface area contributed by atoms with Gasteiger partial charge in [-0.2, -0.15) is 9.97 Å². The van der Waals surface area contributed by atoms with Crippen LogP contribution in [0.5, 0.6) is 0 Å². The number of hydrogen-bond donors (Lipinski definition) is 9. The largest absolute Gasteiger partial charge is 0.472 e. The number of nitrogens with one attached hydrogen (secondary N) is 2. The predicted octanol–water partition coefficient (Wildman–Crippen LogP) is -0.326. The summed E-state index contributed by atoms with van der Waals surface area (Å²) < 4.78 is 54.1. The van der Waals surface area contributed by atoms with Gasteiger partial charge < -0.3 is 55.8 Å². The average molecular weight is 725 g/mol. The molecule has 2 saturated heterocycles. The molecular formula is C20H26N10O12P2S2. The van der Waals surface area contributed by atoms with Gasteiger partial charge in [-0.05, 0) is 0 Å². The Bertz CT molecular complexity index is 2000. The number of aliphatic hydroxyl groups excluding tert-OH is 2. The molecular weight excluding hydrogens is 698 g/mol. The molecule has 4 aromatic rings. The van der Waals surface area contributed by atoms with Crippen molar-refractivity contribution in [3.05, 3.63) is 21.9 Å². The number of nitrogens with zero attached hydrogens (tertiary/aromatic N) is 6. The van der Waals surface area contributed by atoms with Gasteiger partial charge in [-0.1, -0.05) is 24.4 Å². The molecule has 0 aromatic carbocycles. The Morgan fingerprint density at radius 3 is 2.07 bits per heavy atom. The van der Waals surface area contributed by atoms with Crippen molar-refractivity contribution < 1.29 is 57.1 Å². The normalized spacial score (nSPS) is 28.3. The second-order valence-electron chi connectivity index (χ2n) is 10.2. The lowest BCUT2D eigenvalue weighted by Gasteiger charge is -2.22. The van der Waals surface area contributed by atoms with Crippen molar-refractivity contribution >= 4 is 74.3 Å². The molecule has 26 heteroatoms. The molecule has 4 aromatic heterocycles. The van der Waals surface area contributed by atoms with Crippen LogP contribution in [0.1, 0.15) is 18.9 Å². The second-order valence-corrected chi connectivity index (χ2v) is 13.6. The van der Waals surface area contributed by atoms with Crippen LogP contribution in [-0.2, 0) is 32.2 Å². The molecule has 6 heterocycles. The fraction of sp³-hybridized carbons (Fsp3) is 0.500. The number of anilines is 2. The van der Waals surface area contributed by atoms with E-state index in [-0.39, 0.29) is 49.9 Å². The highest BCUT2D eigenvalue weighted by Crippen LogP contribution is 2.50. The van der Waals surface area contributed by atoms with Crippen LogP contribution >= 0.6 is 40.1 Å². The van der Waals surface area contributed by atoms with E-state index in [2.05, 4.69) is 34.4 Å². The van der Waals surface area contributed by atoms with Gasteiger partial charge in [0.05, 0.1) is 25.9 Å². The first-order chi connectivity index (χ1) is 21.6. The molecule has 0 spiro atoms. The fourth-order valence-electron chi connectivity index (χ4n) is 5.05. The SMILES string of the molecule is Nc1nc2c(ncn2[C@@H]2O[C@H](COP(=O)(O)OC3C[C@H](n4cnc5c(=S)[nH]c(N)nc54)O[C@@H]3COP(=O)(O)O)C(O)C2O)c(=S)[nH]1. The lowest BCUT2D eigenvalue weighted by atomic mass is 10.1. The minimum absolute atomic E-state index is 0.0198. The lowest BCUT2D eigenvalue weighted by Crippen LogP contribution is -2.34. The van der Waals surface area contributed by atoms with E-state index in [4.69, 9.17) is 54.4 Å². The molecule has 0 aliphatic carbocycles. The van der Waals surface area contributed by atoms with Gasteiger partial charge in [0, 0.05) is 6.42 Å². The van der Waals surface area contributed by atoms with Crippen molar-refractivity contribution in [2.24, 2.45) is 0 Å². The molecule has 0 amide bonds. The van der Waals surface area contributed by atoms with Gasteiger partial charge in [0.1, 0.15) is 57.1 Å². The van der Waals surface area contributed by atoms with Gasteiger partial charge in [0.2, 0.25) is 11.9 Å². The first kappa shape index (κ1) is 33.1. The van der Waals surface area contributed by atoms with Gasteiger partial charge in [0.15, 0.2) is 17.5 Å². The van der Waals surface area contributed by atoms with Crippen LogP contribution in [0.2, 0.25) is 0 Å². The van der Waals surface area contributed by atoms with Gasteiger partial charge in [-0.3, -0.25) is 22.7 Å². The van der Waals surface area contributed by atoms with Crippen molar-refractivity contribution in [3.8, 4) is 0 Å². The third-order valence-corrected chi connectivity index (χ3v) is 9.17. The Labute approximate surface area is 266 Å². The highest BCUT2D eigenvalue weighted by molar-refractivity contribution is 7.71. The molecule has 0 bridgehead atoms. The van der Waals surface area contributed by atoms with Gasteiger partial charge in [0.25, 0.3) is 0 Å². The number of rotatable bonds is 10. The Kier molecular flexibility index (Phi) is 8.88. The number of aromatic nitrogens is 8. The summed E-state index contributed by atoms with van der Waals surface area (Å²) in [6, 6.07) is 0. The van der Waals surface area contributed by atoms with Crippen LogP contribution in [0.15, 0.2) is 12.7 Å². The first-order valence-corrected chi connectivity index (χ1v) is 16.9. The number of fused-ring (bicyclic) bond motifs is 2. The topological polar surface area (TPSA) is 326 Å². The number of nitrogen functional groups attached to an aromatic ring is 2. The van der Waals surface area contributed by atoms with E-state index in [1.807, 2.05) is 0 Å². The fourth-order valence-corrected chi connectivity index (χ4v) is 6.85. The molecule has 2 fully saturated rings. The quantitative estimate of drug-likeness (QED) is 0.0747. The minimum atomic E-state index is -4.99. The summed E-state index contributed by atoms with van der Waals surface area (Å²) in [6.45, 7) is -1.48. The number of aromatic amines is 2. The Morgan fingerprint density at radius 1 is 0.891 bits per heavy atom. The summed E-state index contributed by atoms with van der Waals surface area (Å²) in [5.41, 5.74) is 12.4. The van der Waals surface area contributed by atoms with Crippen molar-refractivity contribution in [1.82, 2.24) is 39.0 Å². The zero-order valence-electron chi connectivity index (χ0n) is 23.0. The number of H-pyrrole nitrogens is 2. The van der Waals surface area contributed by atoms with E-state index in [1.54, 1.807) is 0 Å². The summed E-state index contributed by atoms with van der Waals surface area (Å²) in [6.07, 6.45) is -6.92. The summed E-state index contributed by atoms with van der Waals surface area (Å²) in [5.74, 6) is -0.0490. The monoisotopic (exact) mass is 724 g/mol. The van der Waals surface area contributed by atoms with Crippen LogP contribution in [0.3, 0.4) is 0 Å². The number of nitrogens with two attached hydrogens (primary N) is 2. The highest BCUT2D eigenvalue weighted by atomic mass is 32.1. The molecule has 22 nitrogen and oxygen atoms in total. The van der Waals surface area contributed by atoms with E-state index in [9.17, 15) is 34.0 Å². The van der Waals surface area contributed by atoms with Crippen molar-refractivity contribution in [2.45, 2.75) is 49.4 Å². The summed E-state index contributed by atoms with van der Waals surface area (Å²) >= 11 is 10.4. The maximum absolute atomic E-state index is 13.1. The molecule has 4 unspecified atom stereocenters. The number of phosphoric acid groups is 2. The summed E-state index contributed by atoms with van der Waals surface area (Å²) in [7, 11) is -9.97. The van der Waals surface area contributed by atoms with Crippen molar-refractivity contribution in [1.29, 1.82) is 0 Å². The van der Waals surface area contributed by atoms with Crippen molar-refractivity contribution in [2.75, 3.05) is 24.7 Å². The van der Waals surface area contributed by atoms with Gasteiger partial charge in [-0.15, -0.1) is 0 Å². The first-order valence-electron chi connectivity index (χ1n) is 13.1. The molecule has 0 saturated carbocycles. The van der Waals surface area contributed by atoms with E-state index < -0.39 is 71.8 Å². The number of aliphatic hydroxyl groups is 2. The molecule has 250 valence electrons. The van der Waals surface area contributed by atoms with E-state index in [0.717, 1.165) is 0 Å². The summed E-state index contributed by atoms with van der Waals surface area (Å²) in [4.78, 5) is 50.9.